The lowest BCUT2D eigenvalue weighted by Gasteiger charge is -2.39. The Labute approximate surface area is 168 Å². The Morgan fingerprint density at radius 3 is 2.64 bits per heavy atom. The van der Waals surface area contributed by atoms with Crippen molar-refractivity contribution in [2.75, 3.05) is 11.9 Å². The first kappa shape index (κ1) is 19.4. The summed E-state index contributed by atoms with van der Waals surface area (Å²) >= 11 is 0. The van der Waals surface area contributed by atoms with E-state index in [1.54, 1.807) is 6.20 Å². The first-order valence-electron chi connectivity index (χ1n) is 10.9. The maximum atomic E-state index is 13.5. The van der Waals surface area contributed by atoms with Gasteiger partial charge in [-0.3, -0.25) is 14.7 Å². The first-order valence-corrected chi connectivity index (χ1v) is 10.9. The fourth-order valence-corrected chi connectivity index (χ4v) is 5.33. The Morgan fingerprint density at radius 1 is 1.11 bits per heavy atom. The van der Waals surface area contributed by atoms with Gasteiger partial charge in [-0.2, -0.15) is 0 Å². The number of carbonyl (C=O) groups is 1. The third-order valence-corrected chi connectivity index (χ3v) is 6.70. The van der Waals surface area contributed by atoms with Crippen LogP contribution >= 0.6 is 0 Å². The molecule has 4 rings (SSSR count). The molecule has 1 saturated heterocycles. The van der Waals surface area contributed by atoms with Crippen molar-refractivity contribution < 1.29 is 4.79 Å². The molecule has 1 aromatic carbocycles. The van der Waals surface area contributed by atoms with Gasteiger partial charge < -0.3 is 5.32 Å². The Bertz CT molecular complexity index is 835. The minimum Gasteiger partial charge on any atom is -0.325 e. The van der Waals surface area contributed by atoms with Crippen LogP contribution in [0.15, 0.2) is 36.5 Å². The average molecular weight is 380 g/mol. The number of anilines is 1. The second kappa shape index (κ2) is 7.82. The number of hydrogen-bond acceptors (Lipinski definition) is 3. The molecule has 1 aromatic heterocycles. The van der Waals surface area contributed by atoms with Crippen LogP contribution in [0.4, 0.5) is 5.69 Å². The molecule has 2 aromatic rings. The van der Waals surface area contributed by atoms with E-state index in [1.807, 2.05) is 30.3 Å². The number of carbonyl (C=O) groups excluding carboxylic acids is 1. The SMILES string of the molecule is CC(C)(C)N1CC[C@H](C2CCCCC2)[C@H]1C(=O)Nc1ccc2ncccc2c1. The molecule has 0 radical (unpaired) electrons. The number of hydrogen-bond donors (Lipinski definition) is 1. The molecule has 2 atom stereocenters. The molecule has 4 nitrogen and oxygen atoms in total. The molecule has 0 bridgehead atoms. The van der Waals surface area contributed by atoms with Crippen molar-refractivity contribution in [1.82, 2.24) is 9.88 Å². The summed E-state index contributed by atoms with van der Waals surface area (Å²) in [7, 11) is 0. The highest BCUT2D eigenvalue weighted by molar-refractivity contribution is 5.97. The van der Waals surface area contributed by atoms with Crippen LogP contribution in [-0.4, -0.2) is 33.9 Å². The van der Waals surface area contributed by atoms with Gasteiger partial charge in [0.25, 0.3) is 0 Å². The molecular weight excluding hydrogens is 346 g/mol. The number of rotatable bonds is 3. The van der Waals surface area contributed by atoms with Crippen molar-refractivity contribution in [3.05, 3.63) is 36.5 Å². The fourth-order valence-electron chi connectivity index (χ4n) is 5.33. The van der Waals surface area contributed by atoms with Gasteiger partial charge in [0.1, 0.15) is 0 Å². The van der Waals surface area contributed by atoms with Crippen LogP contribution in [-0.2, 0) is 4.79 Å². The maximum absolute atomic E-state index is 13.5. The van der Waals surface area contributed by atoms with Crippen LogP contribution in [0.3, 0.4) is 0 Å². The largest absolute Gasteiger partial charge is 0.325 e. The molecule has 2 heterocycles. The molecule has 1 saturated carbocycles. The average Bonchev–Trinajstić information content (AvgIpc) is 3.14. The van der Waals surface area contributed by atoms with Gasteiger partial charge in [0.15, 0.2) is 0 Å². The second-order valence-corrected chi connectivity index (χ2v) is 9.56. The maximum Gasteiger partial charge on any atom is 0.242 e. The summed E-state index contributed by atoms with van der Waals surface area (Å²) < 4.78 is 0. The van der Waals surface area contributed by atoms with Crippen LogP contribution in [0.1, 0.15) is 59.3 Å². The molecule has 0 unspecified atom stereocenters. The molecule has 150 valence electrons. The third kappa shape index (κ3) is 3.93. The van der Waals surface area contributed by atoms with Gasteiger partial charge in [-0.25, -0.2) is 0 Å². The zero-order valence-electron chi connectivity index (χ0n) is 17.4. The Balaban J connectivity index is 1.58. The molecule has 28 heavy (non-hydrogen) atoms. The quantitative estimate of drug-likeness (QED) is 0.793. The number of benzene rings is 1. The van der Waals surface area contributed by atoms with Crippen molar-refractivity contribution in [1.29, 1.82) is 0 Å². The molecule has 2 aliphatic rings. The number of nitrogens with one attached hydrogen (secondary N) is 1. The molecule has 2 fully saturated rings. The van der Waals surface area contributed by atoms with Crippen LogP contribution < -0.4 is 5.32 Å². The number of pyridine rings is 1. The number of amides is 1. The van der Waals surface area contributed by atoms with Gasteiger partial charge in [-0.1, -0.05) is 38.2 Å². The van der Waals surface area contributed by atoms with E-state index in [2.05, 4.69) is 36.0 Å². The molecule has 1 aliphatic carbocycles. The smallest absolute Gasteiger partial charge is 0.242 e. The van der Waals surface area contributed by atoms with Gasteiger partial charge in [-0.05, 0) is 69.8 Å². The molecule has 4 heteroatoms. The topological polar surface area (TPSA) is 45.2 Å². The van der Waals surface area contributed by atoms with Gasteiger partial charge >= 0.3 is 0 Å². The summed E-state index contributed by atoms with van der Waals surface area (Å²) in [6, 6.07) is 9.93. The van der Waals surface area contributed by atoms with Crippen LogP contribution in [0.2, 0.25) is 0 Å². The van der Waals surface area contributed by atoms with Crippen molar-refractivity contribution in [3.8, 4) is 0 Å². The Hall–Kier alpha value is -1.94. The van der Waals surface area contributed by atoms with E-state index < -0.39 is 0 Å². The zero-order valence-corrected chi connectivity index (χ0v) is 17.4. The Morgan fingerprint density at radius 2 is 1.89 bits per heavy atom. The van der Waals surface area contributed by atoms with Crippen molar-refractivity contribution in [2.45, 2.75) is 70.9 Å². The summed E-state index contributed by atoms with van der Waals surface area (Å²) in [6.45, 7) is 7.72. The van der Waals surface area contributed by atoms with E-state index >= 15 is 0 Å². The first-order chi connectivity index (χ1) is 13.4. The highest BCUT2D eigenvalue weighted by Gasteiger charge is 2.46. The molecule has 1 amide bonds. The summed E-state index contributed by atoms with van der Waals surface area (Å²) in [5.41, 5.74) is 1.82. The van der Waals surface area contributed by atoms with Gasteiger partial charge in [0.05, 0.1) is 11.6 Å². The predicted octanol–water partition coefficient (Wildman–Crippen LogP) is 5.24. The van der Waals surface area contributed by atoms with Gasteiger partial charge in [0, 0.05) is 22.8 Å². The number of fused-ring (bicyclic) bond motifs is 1. The summed E-state index contributed by atoms with van der Waals surface area (Å²) in [5.74, 6) is 1.32. The lowest BCUT2D eigenvalue weighted by Crippen LogP contribution is -2.52. The van der Waals surface area contributed by atoms with E-state index in [0.29, 0.717) is 11.8 Å². The highest BCUT2D eigenvalue weighted by Crippen LogP contribution is 2.41. The molecule has 0 spiro atoms. The van der Waals surface area contributed by atoms with Crippen LogP contribution in [0.5, 0.6) is 0 Å². The van der Waals surface area contributed by atoms with Crippen molar-refractivity contribution in [2.24, 2.45) is 11.8 Å². The van der Waals surface area contributed by atoms with E-state index in [-0.39, 0.29) is 17.5 Å². The summed E-state index contributed by atoms with van der Waals surface area (Å²) in [4.78, 5) is 20.3. The van der Waals surface area contributed by atoms with Gasteiger partial charge in [0.2, 0.25) is 5.91 Å². The molecule has 1 N–H and O–H groups in total. The molecule has 1 aliphatic heterocycles. The van der Waals surface area contributed by atoms with Crippen LogP contribution in [0, 0.1) is 11.8 Å². The third-order valence-electron chi connectivity index (χ3n) is 6.70. The minimum absolute atomic E-state index is 0.00126. The molecular formula is C24H33N3O. The van der Waals surface area contributed by atoms with E-state index in [0.717, 1.165) is 29.6 Å². The zero-order chi connectivity index (χ0) is 19.7. The van der Waals surface area contributed by atoms with Crippen LogP contribution in [0.25, 0.3) is 10.9 Å². The van der Waals surface area contributed by atoms with Crippen molar-refractivity contribution >= 4 is 22.5 Å². The van der Waals surface area contributed by atoms with E-state index in [4.69, 9.17) is 0 Å². The number of likely N-dealkylation sites (tertiary alicyclic amines) is 1. The monoisotopic (exact) mass is 379 g/mol. The highest BCUT2D eigenvalue weighted by atomic mass is 16.2. The normalized spacial score (nSPS) is 24.5. The number of nitrogens with zero attached hydrogens (tertiary/aromatic N) is 2. The Kier molecular flexibility index (Phi) is 5.42. The van der Waals surface area contributed by atoms with E-state index in [9.17, 15) is 4.79 Å². The lowest BCUT2D eigenvalue weighted by molar-refractivity contribution is -0.124. The second-order valence-electron chi connectivity index (χ2n) is 9.56. The predicted molar refractivity (Wildman–Crippen MR) is 115 cm³/mol. The fraction of sp³-hybridized carbons (Fsp3) is 0.583. The van der Waals surface area contributed by atoms with E-state index in [1.165, 1.54) is 32.1 Å². The summed E-state index contributed by atoms with van der Waals surface area (Å²) in [5, 5.41) is 4.30. The standard InChI is InChI=1S/C24H33N3O/c1-24(2,3)27-15-13-20(17-8-5-4-6-9-17)22(27)23(28)26-19-11-12-21-18(16-19)10-7-14-25-21/h7,10-12,14,16-17,20,22H,4-6,8-9,13,15H2,1-3H3,(H,26,28)/t20-,22+/m1/s1. The summed E-state index contributed by atoms with van der Waals surface area (Å²) in [6.07, 6.45) is 9.51. The lowest BCUT2D eigenvalue weighted by atomic mass is 9.76. The number of aromatic nitrogens is 1. The minimum atomic E-state index is -0.0345. The van der Waals surface area contributed by atoms with Gasteiger partial charge in [-0.15, -0.1) is 0 Å². The van der Waals surface area contributed by atoms with Crippen molar-refractivity contribution in [3.63, 3.8) is 0 Å².